The van der Waals surface area contributed by atoms with Crippen molar-refractivity contribution in [2.45, 2.75) is 44.7 Å². The van der Waals surface area contributed by atoms with Crippen LogP contribution in [0.1, 0.15) is 44.2 Å². The molecule has 2 N–H and O–H groups in total. The van der Waals surface area contributed by atoms with Gasteiger partial charge in [0.05, 0.1) is 7.11 Å². The molecule has 1 saturated carbocycles. The van der Waals surface area contributed by atoms with Crippen molar-refractivity contribution in [3.63, 3.8) is 0 Å². The van der Waals surface area contributed by atoms with E-state index in [0.29, 0.717) is 12.0 Å². The summed E-state index contributed by atoms with van der Waals surface area (Å²) in [6.45, 7) is 2.30. The van der Waals surface area contributed by atoms with Crippen molar-refractivity contribution < 1.29 is 14.2 Å². The molecule has 1 aliphatic rings. The summed E-state index contributed by atoms with van der Waals surface area (Å²) in [4.78, 5) is 0. The molecule has 0 amide bonds. The van der Waals surface area contributed by atoms with Crippen molar-refractivity contribution in [1.82, 2.24) is 5.32 Å². The molecule has 0 radical (unpaired) electrons. The Morgan fingerprint density at radius 2 is 2.15 bits per heavy atom. The second-order valence-electron chi connectivity index (χ2n) is 5.62. The smallest absolute Gasteiger partial charge is 0.165 e. The monoisotopic (exact) mass is 281 g/mol. The summed E-state index contributed by atoms with van der Waals surface area (Å²) in [6.07, 6.45) is 4.57. The lowest BCUT2D eigenvalue weighted by atomic mass is 9.84. The molecule has 3 unspecified atom stereocenters. The minimum absolute atomic E-state index is 0.113. The predicted octanol–water partition coefficient (Wildman–Crippen LogP) is 3.04. The van der Waals surface area contributed by atoms with E-state index >= 15 is 0 Å². The fourth-order valence-corrected chi connectivity index (χ4v) is 3.01. The van der Waals surface area contributed by atoms with Crippen molar-refractivity contribution in [3.05, 3.63) is 29.6 Å². The maximum absolute atomic E-state index is 13.4. The van der Waals surface area contributed by atoms with Crippen LogP contribution in [0.3, 0.4) is 0 Å². The highest BCUT2D eigenvalue weighted by Gasteiger charge is 2.25. The molecule has 3 nitrogen and oxygen atoms in total. The van der Waals surface area contributed by atoms with Gasteiger partial charge < -0.3 is 15.2 Å². The van der Waals surface area contributed by atoms with Gasteiger partial charge in [-0.3, -0.25) is 0 Å². The molecule has 0 aromatic heterocycles. The molecule has 0 bridgehead atoms. The molecule has 0 spiro atoms. The number of methoxy groups -OCH3 is 1. The topological polar surface area (TPSA) is 41.5 Å². The number of hydrogen-bond acceptors (Lipinski definition) is 3. The highest BCUT2D eigenvalue weighted by Crippen LogP contribution is 2.28. The summed E-state index contributed by atoms with van der Waals surface area (Å²) in [5, 5.41) is 13.0. The Hall–Kier alpha value is -1.13. The van der Waals surface area contributed by atoms with E-state index in [1.54, 1.807) is 12.1 Å². The Labute approximate surface area is 120 Å². The van der Waals surface area contributed by atoms with Gasteiger partial charge in [-0.2, -0.15) is 0 Å². The standard InChI is InChI=1S/C16H24FNO2/c1-11(12-7-8-14(17)16(9-12)20-2)18-15-6-4-3-5-13(15)10-19/h7-9,11,13,15,18-19H,3-6,10H2,1-2H3. The third-order valence-electron chi connectivity index (χ3n) is 4.28. The van der Waals surface area contributed by atoms with Crippen molar-refractivity contribution >= 4 is 0 Å². The average Bonchev–Trinajstić information content (AvgIpc) is 2.48. The zero-order chi connectivity index (χ0) is 14.5. The molecule has 1 aromatic carbocycles. The van der Waals surface area contributed by atoms with Crippen LogP contribution in [0.2, 0.25) is 0 Å². The van der Waals surface area contributed by atoms with E-state index in [1.807, 2.05) is 0 Å². The van der Waals surface area contributed by atoms with Crippen molar-refractivity contribution in [2.24, 2.45) is 5.92 Å². The molecule has 1 aliphatic carbocycles. The first-order valence-electron chi connectivity index (χ1n) is 7.36. The SMILES string of the molecule is COc1cc(C(C)NC2CCCCC2CO)ccc1F. The molecule has 20 heavy (non-hydrogen) atoms. The van der Waals surface area contributed by atoms with Crippen LogP contribution in [-0.4, -0.2) is 24.9 Å². The normalized spacial score (nSPS) is 24.4. The quantitative estimate of drug-likeness (QED) is 0.871. The molecule has 0 heterocycles. The first-order valence-corrected chi connectivity index (χ1v) is 7.36. The van der Waals surface area contributed by atoms with Gasteiger partial charge in [-0.15, -0.1) is 0 Å². The van der Waals surface area contributed by atoms with Gasteiger partial charge in [0.25, 0.3) is 0 Å². The van der Waals surface area contributed by atoms with Gasteiger partial charge in [0.2, 0.25) is 0 Å². The molecule has 0 saturated heterocycles. The Morgan fingerprint density at radius 1 is 1.40 bits per heavy atom. The van der Waals surface area contributed by atoms with E-state index in [2.05, 4.69) is 12.2 Å². The predicted molar refractivity (Wildman–Crippen MR) is 77.3 cm³/mol. The third kappa shape index (κ3) is 3.49. The summed E-state index contributed by atoms with van der Waals surface area (Å²) in [5.74, 6) is 0.265. The van der Waals surface area contributed by atoms with Crippen LogP contribution in [0.5, 0.6) is 5.75 Å². The first-order chi connectivity index (χ1) is 9.65. The number of halogens is 1. The Bertz CT molecular complexity index is 438. The fraction of sp³-hybridized carbons (Fsp3) is 0.625. The van der Waals surface area contributed by atoms with Crippen LogP contribution in [0.15, 0.2) is 18.2 Å². The summed E-state index contributed by atoms with van der Waals surface area (Å²) in [7, 11) is 1.48. The van der Waals surface area contributed by atoms with Crippen LogP contribution in [0, 0.1) is 11.7 Å². The zero-order valence-corrected chi connectivity index (χ0v) is 12.2. The van der Waals surface area contributed by atoms with Gasteiger partial charge in [0.15, 0.2) is 11.6 Å². The van der Waals surface area contributed by atoms with E-state index in [0.717, 1.165) is 18.4 Å². The average molecular weight is 281 g/mol. The molecular weight excluding hydrogens is 257 g/mol. The van der Waals surface area contributed by atoms with Crippen molar-refractivity contribution in [1.29, 1.82) is 0 Å². The minimum atomic E-state index is -0.339. The number of ether oxygens (including phenoxy) is 1. The van der Waals surface area contributed by atoms with E-state index in [9.17, 15) is 9.50 Å². The van der Waals surface area contributed by atoms with Crippen LogP contribution in [0.4, 0.5) is 4.39 Å². The van der Waals surface area contributed by atoms with Gasteiger partial charge in [-0.25, -0.2) is 4.39 Å². The van der Waals surface area contributed by atoms with Crippen LogP contribution < -0.4 is 10.1 Å². The lowest BCUT2D eigenvalue weighted by Crippen LogP contribution is -2.41. The second kappa shape index (κ2) is 7.04. The van der Waals surface area contributed by atoms with Gasteiger partial charge in [-0.1, -0.05) is 18.9 Å². The molecule has 1 aromatic rings. The summed E-state index contributed by atoms with van der Waals surface area (Å²) in [6, 6.07) is 5.41. The minimum Gasteiger partial charge on any atom is -0.494 e. The molecule has 3 atom stereocenters. The summed E-state index contributed by atoms with van der Waals surface area (Å²) < 4.78 is 18.5. The number of benzene rings is 1. The van der Waals surface area contributed by atoms with Gasteiger partial charge in [-0.05, 0) is 43.4 Å². The summed E-state index contributed by atoms with van der Waals surface area (Å²) in [5.41, 5.74) is 1.01. The maximum atomic E-state index is 13.4. The lowest BCUT2D eigenvalue weighted by molar-refractivity contribution is 0.147. The molecule has 1 fully saturated rings. The lowest BCUT2D eigenvalue weighted by Gasteiger charge is -2.33. The Balaban J connectivity index is 2.05. The number of nitrogens with one attached hydrogen (secondary N) is 1. The Kier molecular flexibility index (Phi) is 5.38. The second-order valence-corrected chi connectivity index (χ2v) is 5.62. The highest BCUT2D eigenvalue weighted by atomic mass is 19.1. The molecular formula is C16H24FNO2. The van der Waals surface area contributed by atoms with Crippen molar-refractivity contribution in [3.8, 4) is 5.75 Å². The number of hydrogen-bond donors (Lipinski definition) is 2. The van der Waals surface area contributed by atoms with Gasteiger partial charge >= 0.3 is 0 Å². The van der Waals surface area contributed by atoms with E-state index in [-0.39, 0.29) is 24.2 Å². The first kappa shape index (κ1) is 15.3. The number of aliphatic hydroxyl groups excluding tert-OH is 1. The third-order valence-corrected chi connectivity index (χ3v) is 4.28. The van der Waals surface area contributed by atoms with E-state index in [4.69, 9.17) is 4.74 Å². The highest BCUT2D eigenvalue weighted by molar-refractivity contribution is 5.32. The van der Waals surface area contributed by atoms with E-state index < -0.39 is 0 Å². The number of aliphatic hydroxyl groups is 1. The van der Waals surface area contributed by atoms with Gasteiger partial charge in [0.1, 0.15) is 0 Å². The largest absolute Gasteiger partial charge is 0.494 e. The van der Waals surface area contributed by atoms with Crippen LogP contribution >= 0.6 is 0 Å². The Morgan fingerprint density at radius 3 is 2.85 bits per heavy atom. The van der Waals surface area contributed by atoms with Crippen molar-refractivity contribution in [2.75, 3.05) is 13.7 Å². The molecule has 0 aliphatic heterocycles. The number of rotatable bonds is 5. The van der Waals surface area contributed by atoms with E-state index in [1.165, 1.54) is 26.0 Å². The maximum Gasteiger partial charge on any atom is 0.165 e. The molecule has 112 valence electrons. The molecule has 4 heteroatoms. The van der Waals surface area contributed by atoms with Crippen LogP contribution in [-0.2, 0) is 0 Å². The van der Waals surface area contributed by atoms with Gasteiger partial charge in [0, 0.05) is 18.7 Å². The van der Waals surface area contributed by atoms with Crippen LogP contribution in [0.25, 0.3) is 0 Å². The summed E-state index contributed by atoms with van der Waals surface area (Å²) >= 11 is 0. The molecule has 2 rings (SSSR count). The zero-order valence-electron chi connectivity index (χ0n) is 12.2. The fourth-order valence-electron chi connectivity index (χ4n) is 3.01.